The predicted molar refractivity (Wildman–Crippen MR) is 39.8 cm³/mol. The van der Waals surface area contributed by atoms with E-state index in [4.69, 9.17) is 0 Å². The molecule has 0 spiro atoms. The molecule has 1 heterocycles. The van der Waals surface area contributed by atoms with Crippen molar-refractivity contribution < 1.29 is 0 Å². The van der Waals surface area contributed by atoms with Gasteiger partial charge in [-0.25, -0.2) is 9.97 Å². The molecule has 0 atom stereocenters. The van der Waals surface area contributed by atoms with Gasteiger partial charge in [-0.05, 0) is 13.0 Å². The molecule has 10 heavy (non-hydrogen) atoms. The lowest BCUT2D eigenvalue weighted by molar-refractivity contribution is 0.926. The minimum absolute atomic E-state index is 0.914. The third kappa shape index (κ3) is 1.43. The summed E-state index contributed by atoms with van der Waals surface area (Å²) in [6.45, 7) is 3.02. The molecule has 0 aliphatic carbocycles. The molecule has 3 heteroatoms. The van der Waals surface area contributed by atoms with Gasteiger partial charge in [-0.3, -0.25) is 0 Å². The van der Waals surface area contributed by atoms with Gasteiger partial charge in [0, 0.05) is 19.8 Å². The Balaban J connectivity index is 2.75. The van der Waals surface area contributed by atoms with Crippen molar-refractivity contribution in [1.29, 1.82) is 0 Å². The van der Waals surface area contributed by atoms with Crippen LogP contribution in [0.4, 0.5) is 5.82 Å². The molecule has 53 valence electrons. The summed E-state index contributed by atoms with van der Waals surface area (Å²) in [6, 6.07) is 1.86. The SMILES string of the molecule is CCN(C)c1ccn[c]n1. The Morgan fingerprint density at radius 1 is 1.70 bits per heavy atom. The molecule has 3 nitrogen and oxygen atoms in total. The van der Waals surface area contributed by atoms with Crippen molar-refractivity contribution >= 4 is 5.82 Å². The summed E-state index contributed by atoms with van der Waals surface area (Å²) in [6.07, 6.45) is 4.22. The van der Waals surface area contributed by atoms with E-state index in [1.807, 2.05) is 18.0 Å². The van der Waals surface area contributed by atoms with Gasteiger partial charge in [0.15, 0.2) is 6.33 Å². The maximum absolute atomic E-state index is 3.94. The third-order valence-electron chi connectivity index (χ3n) is 1.39. The lowest BCUT2D eigenvalue weighted by Gasteiger charge is -2.13. The number of hydrogen-bond donors (Lipinski definition) is 0. The minimum atomic E-state index is 0.914. The number of hydrogen-bond acceptors (Lipinski definition) is 3. The topological polar surface area (TPSA) is 29.0 Å². The van der Waals surface area contributed by atoms with Gasteiger partial charge in [0.1, 0.15) is 5.82 Å². The van der Waals surface area contributed by atoms with Gasteiger partial charge >= 0.3 is 0 Å². The van der Waals surface area contributed by atoms with Crippen LogP contribution in [0.3, 0.4) is 0 Å². The van der Waals surface area contributed by atoms with Gasteiger partial charge in [-0.2, -0.15) is 0 Å². The summed E-state index contributed by atoms with van der Waals surface area (Å²) in [4.78, 5) is 9.66. The Hall–Kier alpha value is -1.12. The van der Waals surface area contributed by atoms with Crippen molar-refractivity contribution in [3.63, 3.8) is 0 Å². The predicted octanol–water partition coefficient (Wildman–Crippen LogP) is 0.733. The monoisotopic (exact) mass is 136 g/mol. The normalized spacial score (nSPS) is 9.40. The zero-order valence-corrected chi connectivity index (χ0v) is 6.20. The zero-order chi connectivity index (χ0) is 7.40. The number of aromatic nitrogens is 2. The Labute approximate surface area is 60.7 Å². The lowest BCUT2D eigenvalue weighted by atomic mass is 10.5. The molecule has 1 rings (SSSR count). The number of rotatable bonds is 2. The van der Waals surface area contributed by atoms with Crippen LogP contribution in [0.1, 0.15) is 6.92 Å². The van der Waals surface area contributed by atoms with E-state index in [2.05, 4.69) is 23.2 Å². The van der Waals surface area contributed by atoms with E-state index in [0.717, 1.165) is 12.4 Å². The lowest BCUT2D eigenvalue weighted by Crippen LogP contribution is -2.16. The molecular weight excluding hydrogens is 126 g/mol. The first kappa shape index (κ1) is 6.99. The van der Waals surface area contributed by atoms with Gasteiger partial charge in [0.25, 0.3) is 0 Å². The molecule has 1 radical (unpaired) electrons. The van der Waals surface area contributed by atoms with Crippen LogP contribution in [0.15, 0.2) is 12.3 Å². The van der Waals surface area contributed by atoms with Crippen LogP contribution >= 0.6 is 0 Å². The maximum Gasteiger partial charge on any atom is 0.199 e. The molecular formula is C7H10N3. The quantitative estimate of drug-likeness (QED) is 0.600. The standard InChI is InChI=1S/C7H10N3/c1-3-10(2)7-4-5-8-6-9-7/h4-5H,3H2,1-2H3. The van der Waals surface area contributed by atoms with Gasteiger partial charge in [0.2, 0.25) is 0 Å². The van der Waals surface area contributed by atoms with Gasteiger partial charge in [-0.1, -0.05) is 0 Å². The van der Waals surface area contributed by atoms with E-state index < -0.39 is 0 Å². The molecule has 0 unspecified atom stereocenters. The smallest absolute Gasteiger partial charge is 0.199 e. The Morgan fingerprint density at radius 2 is 2.50 bits per heavy atom. The first-order valence-corrected chi connectivity index (χ1v) is 3.25. The number of anilines is 1. The second-order valence-electron chi connectivity index (χ2n) is 2.03. The van der Waals surface area contributed by atoms with Crippen molar-refractivity contribution in [2.45, 2.75) is 6.92 Å². The molecule has 0 fully saturated rings. The Morgan fingerprint density at radius 3 is 3.00 bits per heavy atom. The molecule has 0 aliphatic rings. The van der Waals surface area contributed by atoms with Crippen molar-refractivity contribution in [3.8, 4) is 0 Å². The van der Waals surface area contributed by atoms with Crippen LogP contribution < -0.4 is 4.90 Å². The Kier molecular flexibility index (Phi) is 2.20. The molecule has 0 amide bonds. The van der Waals surface area contributed by atoms with Crippen molar-refractivity contribution in [2.75, 3.05) is 18.5 Å². The van der Waals surface area contributed by atoms with Crippen LogP contribution in [0, 0.1) is 6.33 Å². The fraction of sp³-hybridized carbons (Fsp3) is 0.429. The summed E-state index contributed by atoms with van der Waals surface area (Å²) >= 11 is 0. The summed E-state index contributed by atoms with van der Waals surface area (Å²) in [7, 11) is 1.98. The van der Waals surface area contributed by atoms with Crippen molar-refractivity contribution in [2.24, 2.45) is 0 Å². The van der Waals surface area contributed by atoms with Crippen LogP contribution in [-0.2, 0) is 0 Å². The minimum Gasteiger partial charge on any atom is -0.360 e. The number of nitrogens with zero attached hydrogens (tertiary/aromatic N) is 3. The van der Waals surface area contributed by atoms with E-state index in [9.17, 15) is 0 Å². The highest BCUT2D eigenvalue weighted by molar-refractivity contribution is 5.34. The van der Waals surface area contributed by atoms with Crippen molar-refractivity contribution in [1.82, 2.24) is 9.97 Å². The first-order valence-electron chi connectivity index (χ1n) is 3.25. The molecule has 0 N–H and O–H groups in total. The van der Waals surface area contributed by atoms with Crippen LogP contribution in [0.2, 0.25) is 0 Å². The highest BCUT2D eigenvalue weighted by atomic mass is 15.2. The molecule has 1 aromatic heterocycles. The van der Waals surface area contributed by atoms with Crippen LogP contribution in [-0.4, -0.2) is 23.6 Å². The average molecular weight is 136 g/mol. The van der Waals surface area contributed by atoms with Gasteiger partial charge in [-0.15, -0.1) is 0 Å². The third-order valence-corrected chi connectivity index (χ3v) is 1.39. The molecule has 0 bridgehead atoms. The van der Waals surface area contributed by atoms with Gasteiger partial charge < -0.3 is 4.90 Å². The van der Waals surface area contributed by atoms with E-state index in [1.54, 1.807) is 6.20 Å². The maximum atomic E-state index is 3.94. The van der Waals surface area contributed by atoms with E-state index >= 15 is 0 Å². The largest absolute Gasteiger partial charge is 0.360 e. The van der Waals surface area contributed by atoms with Crippen molar-refractivity contribution in [3.05, 3.63) is 18.6 Å². The fourth-order valence-electron chi connectivity index (χ4n) is 0.629. The molecule has 1 aromatic rings. The fourth-order valence-corrected chi connectivity index (χ4v) is 0.629. The van der Waals surface area contributed by atoms with Gasteiger partial charge in [0.05, 0.1) is 0 Å². The van der Waals surface area contributed by atoms with Crippen LogP contribution in [0.25, 0.3) is 0 Å². The van der Waals surface area contributed by atoms with E-state index in [0.29, 0.717) is 0 Å². The summed E-state index contributed by atoms with van der Waals surface area (Å²) in [5.41, 5.74) is 0. The second kappa shape index (κ2) is 3.15. The first-order chi connectivity index (χ1) is 4.84. The zero-order valence-electron chi connectivity index (χ0n) is 6.20. The van der Waals surface area contributed by atoms with E-state index in [1.165, 1.54) is 0 Å². The summed E-state index contributed by atoms with van der Waals surface area (Å²) in [5, 5.41) is 0. The highest BCUT2D eigenvalue weighted by Gasteiger charge is 1.95. The molecule has 0 saturated carbocycles. The average Bonchev–Trinajstić information content (AvgIpc) is 2.05. The molecule has 0 aromatic carbocycles. The summed E-state index contributed by atoms with van der Waals surface area (Å²) in [5.74, 6) is 0.914. The highest BCUT2D eigenvalue weighted by Crippen LogP contribution is 2.02. The van der Waals surface area contributed by atoms with Crippen LogP contribution in [0.5, 0.6) is 0 Å². The molecule has 0 aliphatic heterocycles. The Bertz CT molecular complexity index is 185. The second-order valence-corrected chi connectivity index (χ2v) is 2.03. The van der Waals surface area contributed by atoms with E-state index in [-0.39, 0.29) is 0 Å². The molecule has 0 saturated heterocycles. The summed E-state index contributed by atoms with van der Waals surface area (Å²) < 4.78 is 0.